The van der Waals surface area contributed by atoms with Gasteiger partial charge in [-0.05, 0) is 34.1 Å². The van der Waals surface area contributed by atoms with Gasteiger partial charge in [0.2, 0.25) is 0 Å². The normalized spacial score (nSPS) is 10.6. The monoisotopic (exact) mass is 369 g/mol. The van der Waals surface area contributed by atoms with Crippen molar-refractivity contribution in [1.82, 2.24) is 0 Å². The van der Waals surface area contributed by atoms with Crippen LogP contribution in [0.15, 0.2) is 28.7 Å². The first-order chi connectivity index (χ1) is 8.08. The molecule has 1 aromatic heterocycles. The molecule has 0 amide bonds. The van der Waals surface area contributed by atoms with E-state index in [4.69, 9.17) is 34.8 Å². The maximum atomic E-state index is 6.07. The highest BCUT2D eigenvalue weighted by atomic mass is 79.9. The Labute approximate surface area is 127 Å². The smallest absolute Gasteiger partial charge is 0.107 e. The van der Waals surface area contributed by atoms with E-state index in [-0.39, 0.29) is 0 Å². The highest BCUT2D eigenvalue weighted by molar-refractivity contribution is 9.10. The van der Waals surface area contributed by atoms with Gasteiger partial charge < -0.3 is 5.32 Å². The third-order valence-electron chi connectivity index (χ3n) is 2.10. The van der Waals surface area contributed by atoms with Gasteiger partial charge in [-0.3, -0.25) is 0 Å². The molecule has 0 aliphatic carbocycles. The second kappa shape index (κ2) is 5.81. The summed E-state index contributed by atoms with van der Waals surface area (Å²) in [6.07, 6.45) is 0. The lowest BCUT2D eigenvalue weighted by Gasteiger charge is -2.07. The molecule has 0 aliphatic rings. The molecule has 1 heterocycles. The van der Waals surface area contributed by atoms with Crippen molar-refractivity contribution < 1.29 is 0 Å². The Balaban J connectivity index is 2.10. The van der Waals surface area contributed by atoms with Gasteiger partial charge in [-0.2, -0.15) is 0 Å². The third-order valence-corrected chi connectivity index (χ3v) is 5.39. The summed E-state index contributed by atoms with van der Waals surface area (Å²) >= 11 is 22.9. The number of anilines is 1. The molecule has 0 bridgehead atoms. The summed E-state index contributed by atoms with van der Waals surface area (Å²) in [6.45, 7) is 0.663. The molecule has 0 unspecified atom stereocenters. The van der Waals surface area contributed by atoms with Crippen molar-refractivity contribution in [2.75, 3.05) is 5.32 Å². The van der Waals surface area contributed by atoms with Crippen LogP contribution in [0.3, 0.4) is 0 Å². The van der Waals surface area contributed by atoms with E-state index in [0.29, 0.717) is 16.6 Å². The van der Waals surface area contributed by atoms with Crippen molar-refractivity contribution in [3.63, 3.8) is 0 Å². The molecular weight excluding hydrogens is 364 g/mol. The van der Waals surface area contributed by atoms with Crippen LogP contribution in [0.1, 0.15) is 4.88 Å². The number of hydrogen-bond donors (Lipinski definition) is 1. The summed E-state index contributed by atoms with van der Waals surface area (Å²) in [5.41, 5.74) is 0.819. The highest BCUT2D eigenvalue weighted by Crippen LogP contribution is 2.34. The number of thiophene rings is 1. The fourth-order valence-corrected chi connectivity index (χ4v) is 3.40. The van der Waals surface area contributed by atoms with Crippen LogP contribution in [0.4, 0.5) is 5.69 Å². The maximum absolute atomic E-state index is 6.07. The standard InChI is InChI=1S/C11H7BrCl3NS/c12-7-4-6(17-11(7)15)5-16-9-3-1-2-8(13)10(9)14/h1-4,16H,5H2. The molecule has 6 heteroatoms. The van der Waals surface area contributed by atoms with Crippen molar-refractivity contribution in [1.29, 1.82) is 0 Å². The number of benzene rings is 1. The van der Waals surface area contributed by atoms with Crippen LogP contribution in [0.5, 0.6) is 0 Å². The lowest BCUT2D eigenvalue weighted by Crippen LogP contribution is -1.97. The first-order valence-corrected chi connectivity index (χ1v) is 7.44. The Morgan fingerprint density at radius 3 is 2.65 bits per heavy atom. The minimum Gasteiger partial charge on any atom is -0.379 e. The average Bonchev–Trinajstić information content (AvgIpc) is 2.61. The quantitative estimate of drug-likeness (QED) is 0.689. The molecule has 0 aliphatic heterocycles. The topological polar surface area (TPSA) is 12.0 Å². The fourth-order valence-electron chi connectivity index (χ4n) is 1.30. The predicted molar refractivity (Wildman–Crippen MR) is 80.8 cm³/mol. The van der Waals surface area contributed by atoms with Gasteiger partial charge in [-0.1, -0.05) is 40.9 Å². The lowest BCUT2D eigenvalue weighted by atomic mass is 10.3. The van der Waals surface area contributed by atoms with Gasteiger partial charge in [0.15, 0.2) is 0 Å². The zero-order valence-corrected chi connectivity index (χ0v) is 13.1. The van der Waals surface area contributed by atoms with E-state index in [1.54, 1.807) is 6.07 Å². The van der Waals surface area contributed by atoms with Crippen LogP contribution in [0.25, 0.3) is 0 Å². The molecule has 1 aromatic carbocycles. The largest absolute Gasteiger partial charge is 0.379 e. The second-order valence-corrected chi connectivity index (χ2v) is 6.67. The molecule has 0 atom stereocenters. The molecule has 1 N–H and O–H groups in total. The van der Waals surface area contributed by atoms with Gasteiger partial charge in [-0.25, -0.2) is 0 Å². The van der Waals surface area contributed by atoms with E-state index >= 15 is 0 Å². The van der Waals surface area contributed by atoms with E-state index < -0.39 is 0 Å². The zero-order valence-electron chi connectivity index (χ0n) is 8.44. The van der Waals surface area contributed by atoms with Crippen molar-refractivity contribution in [3.8, 4) is 0 Å². The maximum Gasteiger partial charge on any atom is 0.107 e. The van der Waals surface area contributed by atoms with Crippen molar-refractivity contribution >= 4 is 67.8 Å². The van der Waals surface area contributed by atoms with Crippen molar-refractivity contribution in [3.05, 3.63) is 48.0 Å². The Hall–Kier alpha value is 0.0700. The molecule has 17 heavy (non-hydrogen) atoms. The van der Waals surface area contributed by atoms with Gasteiger partial charge in [-0.15, -0.1) is 11.3 Å². The van der Waals surface area contributed by atoms with Crippen LogP contribution >= 0.6 is 62.1 Å². The fraction of sp³-hybridized carbons (Fsp3) is 0.0909. The summed E-state index contributed by atoms with van der Waals surface area (Å²) in [4.78, 5) is 1.12. The van der Waals surface area contributed by atoms with Crippen LogP contribution in [0, 0.1) is 0 Å². The van der Waals surface area contributed by atoms with E-state index in [1.165, 1.54) is 11.3 Å². The number of rotatable bonds is 3. The van der Waals surface area contributed by atoms with Gasteiger partial charge in [0, 0.05) is 15.9 Å². The highest BCUT2D eigenvalue weighted by Gasteiger charge is 2.06. The van der Waals surface area contributed by atoms with Gasteiger partial charge in [0.05, 0.1) is 15.7 Å². The predicted octanol–water partition coefficient (Wildman–Crippen LogP) is 6.08. The molecule has 0 saturated heterocycles. The molecule has 0 fully saturated rings. The summed E-state index contributed by atoms with van der Waals surface area (Å²) in [5, 5.41) is 4.31. The molecule has 1 nitrogen and oxygen atoms in total. The van der Waals surface area contributed by atoms with Crippen molar-refractivity contribution in [2.24, 2.45) is 0 Å². The average molecular weight is 372 g/mol. The molecule has 0 spiro atoms. The van der Waals surface area contributed by atoms with E-state index in [0.717, 1.165) is 19.4 Å². The van der Waals surface area contributed by atoms with Gasteiger partial charge >= 0.3 is 0 Å². The van der Waals surface area contributed by atoms with E-state index in [9.17, 15) is 0 Å². The molecule has 2 rings (SSSR count). The Morgan fingerprint density at radius 2 is 2.00 bits per heavy atom. The van der Waals surface area contributed by atoms with Gasteiger partial charge in [0.1, 0.15) is 4.34 Å². The second-order valence-electron chi connectivity index (χ2n) is 3.29. The molecule has 0 saturated carbocycles. The van der Waals surface area contributed by atoms with Crippen LogP contribution < -0.4 is 5.32 Å². The molecular formula is C11H7BrCl3NS. The van der Waals surface area contributed by atoms with E-state index in [1.807, 2.05) is 18.2 Å². The molecule has 0 radical (unpaired) electrons. The summed E-state index contributed by atoms with van der Waals surface area (Å²) in [6, 6.07) is 7.48. The third kappa shape index (κ3) is 3.30. The summed E-state index contributed by atoms with van der Waals surface area (Å²) in [7, 11) is 0. The minimum atomic E-state index is 0.538. The van der Waals surface area contributed by atoms with E-state index in [2.05, 4.69) is 21.2 Å². The first-order valence-electron chi connectivity index (χ1n) is 4.69. The minimum absolute atomic E-state index is 0.538. The van der Waals surface area contributed by atoms with Crippen LogP contribution in [0.2, 0.25) is 14.4 Å². The summed E-state index contributed by atoms with van der Waals surface area (Å²) < 4.78 is 1.66. The van der Waals surface area contributed by atoms with Crippen LogP contribution in [-0.4, -0.2) is 0 Å². The Kier molecular flexibility index (Phi) is 4.61. The number of halogens is 4. The zero-order chi connectivity index (χ0) is 12.4. The Morgan fingerprint density at radius 1 is 1.24 bits per heavy atom. The van der Waals surface area contributed by atoms with Crippen molar-refractivity contribution in [2.45, 2.75) is 6.54 Å². The number of nitrogens with one attached hydrogen (secondary N) is 1. The summed E-state index contributed by atoms with van der Waals surface area (Å²) in [5.74, 6) is 0. The lowest BCUT2D eigenvalue weighted by molar-refractivity contribution is 1.19. The number of hydrogen-bond acceptors (Lipinski definition) is 2. The van der Waals surface area contributed by atoms with Crippen LogP contribution in [-0.2, 0) is 6.54 Å². The molecule has 90 valence electrons. The SMILES string of the molecule is Clc1cccc(NCc2cc(Br)c(Cl)s2)c1Cl. The Bertz CT molecular complexity index is 522. The molecule has 2 aromatic rings. The van der Waals surface area contributed by atoms with Gasteiger partial charge in [0.25, 0.3) is 0 Å². The first kappa shape index (κ1) is 13.5.